The average molecular weight is 302 g/mol. The van der Waals surface area contributed by atoms with Gasteiger partial charge >= 0.3 is 0 Å². The van der Waals surface area contributed by atoms with Gasteiger partial charge in [-0.3, -0.25) is 9.37 Å². The lowest BCUT2D eigenvalue weighted by Crippen LogP contribution is -2.24. The van der Waals surface area contributed by atoms with Crippen molar-refractivity contribution in [2.45, 2.75) is 45.4 Å². The number of carbonyl (C=O) groups excluding carboxylic acids is 1. The normalized spacial score (nSPS) is 15.8. The van der Waals surface area contributed by atoms with Gasteiger partial charge in [0.2, 0.25) is 11.7 Å². The van der Waals surface area contributed by atoms with Crippen molar-refractivity contribution in [1.82, 2.24) is 0 Å². The van der Waals surface area contributed by atoms with Gasteiger partial charge in [0.15, 0.2) is 0 Å². The highest BCUT2D eigenvalue weighted by atomic mass is 16.1. The molecule has 120 valence electrons. The van der Waals surface area contributed by atoms with Gasteiger partial charge in [0, 0.05) is 12.8 Å². The number of hydrogen-bond acceptors (Lipinski definition) is 1. The van der Waals surface area contributed by atoms with E-state index in [0.717, 1.165) is 30.1 Å². The topological polar surface area (TPSA) is 44.1 Å². The molecule has 0 heterocycles. The molecule has 1 aliphatic carbocycles. The van der Waals surface area contributed by atoms with Crippen LogP contribution in [0.3, 0.4) is 0 Å². The predicted molar refractivity (Wildman–Crippen MR) is 92.7 cm³/mol. The molecule has 1 aliphatic rings. The molecule has 0 saturated heterocycles. The Labute approximate surface area is 133 Å². The number of anilines is 2. The second kappa shape index (κ2) is 7.97. The second-order valence-corrected chi connectivity index (χ2v) is 6.33. The zero-order chi connectivity index (χ0) is 15.9. The molecule has 4 nitrogen and oxygen atoms in total. The molecule has 0 bridgehead atoms. The van der Waals surface area contributed by atoms with Crippen LogP contribution in [0.15, 0.2) is 24.3 Å². The van der Waals surface area contributed by atoms with Crippen molar-refractivity contribution >= 4 is 23.1 Å². The third-order valence-corrected chi connectivity index (χ3v) is 4.40. The number of amides is 1. The molecule has 1 aromatic rings. The summed E-state index contributed by atoms with van der Waals surface area (Å²) in [5.41, 5.74) is 1.80. The smallest absolute Gasteiger partial charge is 0.246 e. The van der Waals surface area contributed by atoms with Gasteiger partial charge in [-0.15, -0.1) is 0 Å². The Balaban J connectivity index is 2.08. The van der Waals surface area contributed by atoms with Crippen LogP contribution in [0.4, 0.5) is 11.4 Å². The fourth-order valence-corrected chi connectivity index (χ4v) is 2.78. The summed E-state index contributed by atoms with van der Waals surface area (Å²) in [6.07, 6.45) is 6.91. The minimum Gasteiger partial charge on any atom is -0.322 e. The van der Waals surface area contributed by atoms with Crippen molar-refractivity contribution in [3.05, 3.63) is 24.3 Å². The zero-order valence-corrected chi connectivity index (χ0v) is 14.0. The molecule has 1 amide bonds. The van der Waals surface area contributed by atoms with Crippen molar-refractivity contribution < 1.29 is 9.37 Å². The molecule has 2 N–H and O–H groups in total. The fourth-order valence-electron chi connectivity index (χ4n) is 2.78. The van der Waals surface area contributed by atoms with E-state index in [1.54, 1.807) is 0 Å². The first-order chi connectivity index (χ1) is 10.6. The highest BCUT2D eigenvalue weighted by molar-refractivity contribution is 5.99. The van der Waals surface area contributed by atoms with Gasteiger partial charge in [-0.05, 0) is 25.0 Å². The Morgan fingerprint density at radius 3 is 2.09 bits per heavy atom. The van der Waals surface area contributed by atoms with E-state index in [2.05, 4.69) is 10.6 Å². The van der Waals surface area contributed by atoms with Crippen LogP contribution in [0.1, 0.15) is 45.4 Å². The zero-order valence-electron chi connectivity index (χ0n) is 14.0. The average Bonchev–Trinajstić information content (AvgIpc) is 2.78. The van der Waals surface area contributed by atoms with Crippen LogP contribution in [0.25, 0.3) is 0 Å². The van der Waals surface area contributed by atoms with Gasteiger partial charge in [-0.2, -0.15) is 0 Å². The van der Waals surface area contributed by atoms with E-state index in [-0.39, 0.29) is 11.8 Å². The number of rotatable bonds is 3. The third-order valence-electron chi connectivity index (χ3n) is 4.40. The number of carbonyl (C=O) groups is 1. The van der Waals surface area contributed by atoms with Crippen molar-refractivity contribution in [2.24, 2.45) is 5.92 Å². The number of nitrogens with zero attached hydrogens (tertiary/aromatic N) is 1. The number of benzene rings is 1. The van der Waals surface area contributed by atoms with Gasteiger partial charge < -0.3 is 5.32 Å². The molecule has 0 aromatic heterocycles. The van der Waals surface area contributed by atoms with Gasteiger partial charge in [0.05, 0.1) is 19.8 Å². The molecule has 0 atom stereocenters. The summed E-state index contributed by atoms with van der Waals surface area (Å²) in [6.45, 7) is 2.02. The highest BCUT2D eigenvalue weighted by Crippen LogP contribution is 2.26. The standard InChI is InChI=1S/C18H27N3O/c1-14(21(2)3)19-16-12-8-9-13-17(16)20-18(22)15-10-6-4-5-7-11-15/h8-9,12-13,15H,4-7,10-11H2,1-3H3,(H,20,22)/p+1. The summed E-state index contributed by atoms with van der Waals surface area (Å²) in [7, 11) is 3.99. The number of nitrogens with one attached hydrogen (secondary N) is 2. The van der Waals surface area contributed by atoms with Crippen LogP contribution < -0.4 is 10.6 Å². The van der Waals surface area contributed by atoms with E-state index in [1.165, 1.54) is 25.7 Å². The van der Waals surface area contributed by atoms with Crippen molar-refractivity contribution in [3.8, 4) is 0 Å². The number of para-hydroxylation sites is 2. The lowest BCUT2D eigenvalue weighted by atomic mass is 9.99. The molecule has 22 heavy (non-hydrogen) atoms. The highest BCUT2D eigenvalue weighted by Gasteiger charge is 2.21. The quantitative estimate of drug-likeness (QED) is 0.387. The lowest BCUT2D eigenvalue weighted by molar-refractivity contribution is -0.464. The van der Waals surface area contributed by atoms with Crippen molar-refractivity contribution in [3.63, 3.8) is 0 Å². The van der Waals surface area contributed by atoms with Crippen LogP contribution >= 0.6 is 0 Å². The maximum atomic E-state index is 12.5. The van der Waals surface area contributed by atoms with Gasteiger partial charge in [-0.25, -0.2) is 5.32 Å². The van der Waals surface area contributed by atoms with E-state index in [9.17, 15) is 4.79 Å². The molecule has 2 rings (SSSR count). The minimum absolute atomic E-state index is 0.162. The Kier molecular flexibility index (Phi) is 5.99. The van der Waals surface area contributed by atoms with Gasteiger partial charge in [0.1, 0.15) is 5.69 Å². The molecule has 0 spiro atoms. The van der Waals surface area contributed by atoms with E-state index in [4.69, 9.17) is 0 Å². The molecule has 4 heteroatoms. The molecule has 0 radical (unpaired) electrons. The Hall–Kier alpha value is -1.84. The van der Waals surface area contributed by atoms with Crippen LogP contribution in [0.5, 0.6) is 0 Å². The monoisotopic (exact) mass is 302 g/mol. The summed E-state index contributed by atoms with van der Waals surface area (Å²) in [5.74, 6) is 1.37. The first-order valence-electron chi connectivity index (χ1n) is 8.25. The SMILES string of the molecule is CC(Nc1ccccc1NC(=O)C1CCCCCC1)=[N+](C)C. The molecule has 0 aliphatic heterocycles. The maximum Gasteiger partial charge on any atom is 0.246 e. The largest absolute Gasteiger partial charge is 0.322 e. The van der Waals surface area contributed by atoms with Gasteiger partial charge in [0.25, 0.3) is 0 Å². The summed E-state index contributed by atoms with van der Waals surface area (Å²) < 4.78 is 2.02. The van der Waals surface area contributed by atoms with Crippen molar-refractivity contribution in [2.75, 3.05) is 24.7 Å². The first kappa shape index (κ1) is 16.5. The fraction of sp³-hybridized carbons (Fsp3) is 0.556. The Morgan fingerprint density at radius 1 is 1.00 bits per heavy atom. The van der Waals surface area contributed by atoms with Gasteiger partial charge in [-0.1, -0.05) is 37.8 Å². The minimum atomic E-state index is 0.162. The van der Waals surface area contributed by atoms with Crippen LogP contribution in [0, 0.1) is 5.92 Å². The first-order valence-corrected chi connectivity index (χ1v) is 8.25. The molecule has 1 saturated carbocycles. The van der Waals surface area contributed by atoms with Crippen LogP contribution in [-0.2, 0) is 4.79 Å². The molecular weight excluding hydrogens is 274 g/mol. The molecular formula is C18H28N3O+. The van der Waals surface area contributed by atoms with E-state index in [1.807, 2.05) is 49.9 Å². The molecule has 0 unspecified atom stereocenters. The summed E-state index contributed by atoms with van der Waals surface area (Å²) in [4.78, 5) is 12.5. The van der Waals surface area contributed by atoms with E-state index < -0.39 is 0 Å². The predicted octanol–water partition coefficient (Wildman–Crippen LogP) is 3.70. The third kappa shape index (κ3) is 4.58. The lowest BCUT2D eigenvalue weighted by Gasteiger charge is -2.15. The second-order valence-electron chi connectivity index (χ2n) is 6.33. The van der Waals surface area contributed by atoms with E-state index >= 15 is 0 Å². The summed E-state index contributed by atoms with van der Waals surface area (Å²) in [6, 6.07) is 7.89. The number of hydrogen-bond donors (Lipinski definition) is 2. The maximum absolute atomic E-state index is 12.5. The van der Waals surface area contributed by atoms with E-state index in [0.29, 0.717) is 0 Å². The molecule has 1 aromatic carbocycles. The Morgan fingerprint density at radius 2 is 1.55 bits per heavy atom. The summed E-state index contributed by atoms with van der Waals surface area (Å²) >= 11 is 0. The Bertz CT molecular complexity index is 539. The van der Waals surface area contributed by atoms with Crippen molar-refractivity contribution in [1.29, 1.82) is 0 Å². The summed E-state index contributed by atoms with van der Waals surface area (Å²) in [5, 5.41) is 6.48. The number of amidine groups is 1. The van der Waals surface area contributed by atoms with Crippen LogP contribution in [0.2, 0.25) is 0 Å². The molecule has 1 fully saturated rings. The van der Waals surface area contributed by atoms with Crippen LogP contribution in [-0.4, -0.2) is 30.4 Å².